The van der Waals surface area contributed by atoms with Crippen LogP contribution in [0.3, 0.4) is 0 Å². The quantitative estimate of drug-likeness (QED) is 0.803. The number of nitrogens with one attached hydrogen (secondary N) is 1. The lowest BCUT2D eigenvalue weighted by Crippen LogP contribution is -2.49. The molecule has 0 saturated heterocycles. The molecule has 0 aliphatic rings. The Labute approximate surface area is 121 Å². The van der Waals surface area contributed by atoms with Crippen LogP contribution in [-0.4, -0.2) is 22.1 Å². The number of phenols is 1. The molecule has 0 spiro atoms. The number of hydrogen-bond acceptors (Lipinski definition) is 3. The van der Waals surface area contributed by atoms with Gasteiger partial charge in [-0.15, -0.1) is 0 Å². The molecular weight excluding hydrogens is 270 g/mol. The van der Waals surface area contributed by atoms with Crippen molar-refractivity contribution in [3.63, 3.8) is 0 Å². The molecule has 0 aliphatic heterocycles. The van der Waals surface area contributed by atoms with Crippen LogP contribution in [0.2, 0.25) is 0 Å². The summed E-state index contributed by atoms with van der Waals surface area (Å²) in [6.07, 6.45) is 0. The van der Waals surface area contributed by atoms with Gasteiger partial charge >= 0.3 is 5.97 Å². The monoisotopic (exact) mass is 285 g/mol. The number of para-hydroxylation sites is 1. The second-order valence-electron chi connectivity index (χ2n) is 4.77. The number of carboxylic acids is 1. The van der Waals surface area contributed by atoms with E-state index in [-0.39, 0.29) is 11.3 Å². The fourth-order valence-corrected chi connectivity index (χ4v) is 1.98. The minimum absolute atomic E-state index is 0.0286. The number of hydrogen-bond donors (Lipinski definition) is 3. The number of amides is 1. The first-order valence-corrected chi connectivity index (χ1v) is 6.34. The van der Waals surface area contributed by atoms with Crippen molar-refractivity contribution in [3.8, 4) is 5.75 Å². The lowest BCUT2D eigenvalue weighted by atomic mass is 9.91. The predicted octanol–water partition coefficient (Wildman–Crippen LogP) is 2.12. The Hall–Kier alpha value is -2.82. The molecule has 5 nitrogen and oxygen atoms in total. The molecule has 0 aliphatic carbocycles. The molecule has 2 rings (SSSR count). The summed E-state index contributed by atoms with van der Waals surface area (Å²) < 4.78 is 0. The van der Waals surface area contributed by atoms with Crippen molar-refractivity contribution in [1.29, 1.82) is 0 Å². The van der Waals surface area contributed by atoms with Gasteiger partial charge in [0.05, 0.1) is 5.56 Å². The van der Waals surface area contributed by atoms with Crippen molar-refractivity contribution in [1.82, 2.24) is 5.32 Å². The normalized spacial score (nSPS) is 13.2. The van der Waals surface area contributed by atoms with Crippen molar-refractivity contribution >= 4 is 11.9 Å². The highest BCUT2D eigenvalue weighted by Crippen LogP contribution is 2.23. The van der Waals surface area contributed by atoms with Gasteiger partial charge in [0.1, 0.15) is 5.75 Å². The van der Waals surface area contributed by atoms with Gasteiger partial charge in [-0.1, -0.05) is 42.5 Å². The van der Waals surface area contributed by atoms with Crippen LogP contribution < -0.4 is 5.32 Å². The van der Waals surface area contributed by atoms with Crippen molar-refractivity contribution in [2.24, 2.45) is 0 Å². The van der Waals surface area contributed by atoms with Crippen LogP contribution in [0.15, 0.2) is 54.6 Å². The number of benzene rings is 2. The second kappa shape index (κ2) is 5.66. The smallest absolute Gasteiger partial charge is 0.333 e. The third-order valence-electron chi connectivity index (χ3n) is 3.29. The van der Waals surface area contributed by atoms with E-state index in [0.29, 0.717) is 5.56 Å². The predicted molar refractivity (Wildman–Crippen MR) is 77.0 cm³/mol. The zero-order valence-electron chi connectivity index (χ0n) is 11.4. The highest BCUT2D eigenvalue weighted by molar-refractivity contribution is 6.00. The van der Waals surface area contributed by atoms with E-state index in [1.54, 1.807) is 42.5 Å². The summed E-state index contributed by atoms with van der Waals surface area (Å²) in [5.41, 5.74) is -1.11. The molecule has 108 valence electrons. The number of aromatic hydroxyl groups is 1. The number of carboxylic acid groups (broad SMARTS) is 1. The van der Waals surface area contributed by atoms with Crippen LogP contribution in [0.1, 0.15) is 22.8 Å². The lowest BCUT2D eigenvalue weighted by Gasteiger charge is -2.27. The number of carbonyl (C=O) groups is 2. The van der Waals surface area contributed by atoms with Crippen molar-refractivity contribution in [2.75, 3.05) is 0 Å². The molecule has 5 heteroatoms. The van der Waals surface area contributed by atoms with E-state index in [1.165, 1.54) is 19.1 Å². The SMILES string of the molecule is CC(NC(=O)c1ccccc1O)(C(=O)O)c1ccccc1. The highest BCUT2D eigenvalue weighted by atomic mass is 16.4. The van der Waals surface area contributed by atoms with E-state index in [9.17, 15) is 19.8 Å². The van der Waals surface area contributed by atoms with E-state index >= 15 is 0 Å². The third-order valence-corrected chi connectivity index (χ3v) is 3.29. The van der Waals surface area contributed by atoms with E-state index in [0.717, 1.165) is 0 Å². The van der Waals surface area contributed by atoms with E-state index < -0.39 is 17.4 Å². The first-order valence-electron chi connectivity index (χ1n) is 6.34. The third kappa shape index (κ3) is 2.86. The zero-order chi connectivity index (χ0) is 15.5. The van der Waals surface area contributed by atoms with Gasteiger partial charge in [0.15, 0.2) is 5.54 Å². The first kappa shape index (κ1) is 14.6. The van der Waals surface area contributed by atoms with Crippen LogP contribution in [-0.2, 0) is 10.3 Å². The fraction of sp³-hybridized carbons (Fsp3) is 0.125. The molecular formula is C16H15NO4. The van der Waals surface area contributed by atoms with Crippen LogP contribution in [0.4, 0.5) is 0 Å². The van der Waals surface area contributed by atoms with Gasteiger partial charge in [-0.3, -0.25) is 4.79 Å². The molecule has 0 aromatic heterocycles. The molecule has 1 unspecified atom stereocenters. The Bertz CT molecular complexity index is 669. The summed E-state index contributed by atoms with van der Waals surface area (Å²) in [4.78, 5) is 23.8. The molecule has 0 saturated carbocycles. The van der Waals surface area contributed by atoms with E-state index in [1.807, 2.05) is 0 Å². The molecule has 0 bridgehead atoms. The molecule has 21 heavy (non-hydrogen) atoms. The molecule has 2 aromatic carbocycles. The van der Waals surface area contributed by atoms with Gasteiger partial charge in [-0.2, -0.15) is 0 Å². The summed E-state index contributed by atoms with van der Waals surface area (Å²) in [6.45, 7) is 1.41. The molecule has 1 amide bonds. The summed E-state index contributed by atoms with van der Waals surface area (Å²) in [6, 6.07) is 14.4. The molecule has 0 fully saturated rings. The molecule has 0 radical (unpaired) electrons. The average molecular weight is 285 g/mol. The zero-order valence-corrected chi connectivity index (χ0v) is 11.4. The summed E-state index contributed by atoms with van der Waals surface area (Å²) in [7, 11) is 0. The fourth-order valence-electron chi connectivity index (χ4n) is 1.98. The first-order chi connectivity index (χ1) is 9.95. The minimum atomic E-state index is -1.58. The topological polar surface area (TPSA) is 86.6 Å². The molecule has 3 N–H and O–H groups in total. The van der Waals surface area contributed by atoms with Gasteiger partial charge < -0.3 is 15.5 Å². The molecule has 0 heterocycles. The Morgan fingerprint density at radius 1 is 1.00 bits per heavy atom. The Morgan fingerprint density at radius 3 is 2.14 bits per heavy atom. The maximum Gasteiger partial charge on any atom is 0.333 e. The highest BCUT2D eigenvalue weighted by Gasteiger charge is 2.37. The summed E-state index contributed by atoms with van der Waals surface area (Å²) in [5, 5.41) is 21.6. The molecule has 1 atom stereocenters. The van der Waals surface area contributed by atoms with E-state index in [4.69, 9.17) is 0 Å². The summed E-state index contributed by atoms with van der Waals surface area (Å²) >= 11 is 0. The van der Waals surface area contributed by atoms with Crippen molar-refractivity contribution < 1.29 is 19.8 Å². The maximum atomic E-state index is 12.2. The van der Waals surface area contributed by atoms with Crippen molar-refractivity contribution in [2.45, 2.75) is 12.5 Å². The van der Waals surface area contributed by atoms with Crippen LogP contribution in [0, 0.1) is 0 Å². The van der Waals surface area contributed by atoms with Crippen LogP contribution in [0.25, 0.3) is 0 Å². The van der Waals surface area contributed by atoms with Gasteiger partial charge in [-0.25, -0.2) is 4.79 Å². The van der Waals surface area contributed by atoms with Crippen LogP contribution >= 0.6 is 0 Å². The number of rotatable bonds is 4. The molecule has 2 aromatic rings. The second-order valence-corrected chi connectivity index (χ2v) is 4.77. The summed E-state index contributed by atoms with van der Waals surface area (Å²) in [5.74, 6) is -2.03. The van der Waals surface area contributed by atoms with Crippen LogP contribution in [0.5, 0.6) is 5.75 Å². The van der Waals surface area contributed by atoms with Gasteiger partial charge in [-0.05, 0) is 24.6 Å². The lowest BCUT2D eigenvalue weighted by molar-refractivity contribution is -0.144. The maximum absolute atomic E-state index is 12.2. The van der Waals surface area contributed by atoms with Crippen molar-refractivity contribution in [3.05, 3.63) is 65.7 Å². The standard InChI is InChI=1S/C16H15NO4/c1-16(15(20)21,11-7-3-2-4-8-11)17-14(19)12-9-5-6-10-13(12)18/h2-10,18H,1H3,(H,17,19)(H,20,21). The van der Waals surface area contributed by atoms with Gasteiger partial charge in [0.25, 0.3) is 5.91 Å². The number of carbonyl (C=O) groups excluding carboxylic acids is 1. The van der Waals surface area contributed by atoms with E-state index in [2.05, 4.69) is 5.32 Å². The largest absolute Gasteiger partial charge is 0.507 e. The Morgan fingerprint density at radius 2 is 1.57 bits per heavy atom. The minimum Gasteiger partial charge on any atom is -0.507 e. The Kier molecular flexibility index (Phi) is 3.93. The van der Waals surface area contributed by atoms with Gasteiger partial charge in [0, 0.05) is 0 Å². The Balaban J connectivity index is 2.36. The number of phenolic OH excluding ortho intramolecular Hbond substituents is 1. The number of aliphatic carboxylic acids is 1. The van der Waals surface area contributed by atoms with Gasteiger partial charge in [0.2, 0.25) is 0 Å². The average Bonchev–Trinajstić information content (AvgIpc) is 2.48.